The van der Waals surface area contributed by atoms with Gasteiger partial charge >= 0.3 is 0 Å². The highest BCUT2D eigenvalue weighted by Gasteiger charge is 2.27. The first-order chi connectivity index (χ1) is 16.8. The van der Waals surface area contributed by atoms with Gasteiger partial charge in [0.2, 0.25) is 0 Å². The number of likely N-dealkylation sites (tertiary alicyclic amines) is 1. The van der Waals surface area contributed by atoms with Gasteiger partial charge in [-0.05, 0) is 61.4 Å². The van der Waals surface area contributed by atoms with Crippen LogP contribution in [0.5, 0.6) is 5.75 Å². The standard InChI is InChI=1S/C28H30N4O2/c33-25(21-34-28-10-4-9-27-26(28)8-5-15-30-27)20-31-18-13-24(14-19-31)32(22-6-2-1-3-7-22)23-11-16-29-17-12-23/h1-12,15-17,24-25,33H,13-14,18-21H2. The summed E-state index contributed by atoms with van der Waals surface area (Å²) in [6.07, 6.45) is 6.98. The van der Waals surface area contributed by atoms with E-state index in [1.807, 2.05) is 42.7 Å². The number of aromatic nitrogens is 2. The van der Waals surface area contributed by atoms with Gasteiger partial charge < -0.3 is 19.6 Å². The number of para-hydroxylation sites is 1. The molecular weight excluding hydrogens is 424 g/mol. The van der Waals surface area contributed by atoms with Crippen LogP contribution >= 0.6 is 0 Å². The van der Waals surface area contributed by atoms with E-state index in [2.05, 4.69) is 62.2 Å². The van der Waals surface area contributed by atoms with Crippen molar-refractivity contribution in [3.63, 3.8) is 0 Å². The fourth-order valence-corrected chi connectivity index (χ4v) is 4.76. The predicted molar refractivity (Wildman–Crippen MR) is 136 cm³/mol. The van der Waals surface area contributed by atoms with Crippen molar-refractivity contribution >= 4 is 22.3 Å². The largest absolute Gasteiger partial charge is 0.490 e. The van der Waals surface area contributed by atoms with Gasteiger partial charge in [-0.25, -0.2) is 0 Å². The monoisotopic (exact) mass is 454 g/mol. The molecule has 1 aliphatic rings. The number of piperidine rings is 1. The van der Waals surface area contributed by atoms with Crippen molar-refractivity contribution in [1.29, 1.82) is 0 Å². The molecule has 174 valence electrons. The van der Waals surface area contributed by atoms with E-state index < -0.39 is 6.10 Å². The van der Waals surface area contributed by atoms with Crippen molar-refractivity contribution in [2.24, 2.45) is 0 Å². The number of anilines is 2. The zero-order chi connectivity index (χ0) is 23.2. The van der Waals surface area contributed by atoms with Crippen LogP contribution in [0.4, 0.5) is 11.4 Å². The minimum absolute atomic E-state index is 0.265. The highest BCUT2D eigenvalue weighted by Crippen LogP contribution is 2.31. The molecule has 0 spiro atoms. The first-order valence-corrected chi connectivity index (χ1v) is 11.9. The Morgan fingerprint density at radius 1 is 0.882 bits per heavy atom. The van der Waals surface area contributed by atoms with Crippen LogP contribution in [-0.4, -0.2) is 58.4 Å². The number of nitrogens with zero attached hydrogens (tertiary/aromatic N) is 4. The summed E-state index contributed by atoms with van der Waals surface area (Å²) in [5, 5.41) is 11.6. The fraction of sp³-hybridized carbons (Fsp3) is 0.286. The average molecular weight is 455 g/mol. The first-order valence-electron chi connectivity index (χ1n) is 11.9. The molecule has 1 N–H and O–H groups in total. The maximum Gasteiger partial charge on any atom is 0.128 e. The highest BCUT2D eigenvalue weighted by molar-refractivity contribution is 5.84. The molecular formula is C28H30N4O2. The molecule has 6 heteroatoms. The van der Waals surface area contributed by atoms with Gasteiger partial charge in [0, 0.05) is 61.0 Å². The molecule has 4 aromatic rings. The lowest BCUT2D eigenvalue weighted by Crippen LogP contribution is -2.46. The maximum atomic E-state index is 10.7. The maximum absolute atomic E-state index is 10.7. The SMILES string of the molecule is OC(COc1cccc2ncccc12)CN1CCC(N(c2ccccc2)c2ccncc2)CC1. The third kappa shape index (κ3) is 5.19. The number of hydrogen-bond acceptors (Lipinski definition) is 6. The second kappa shape index (κ2) is 10.6. The van der Waals surface area contributed by atoms with Crippen molar-refractivity contribution < 1.29 is 9.84 Å². The molecule has 0 amide bonds. The number of fused-ring (bicyclic) bond motifs is 1. The van der Waals surface area contributed by atoms with E-state index in [4.69, 9.17) is 4.74 Å². The molecule has 1 fully saturated rings. The van der Waals surface area contributed by atoms with Gasteiger partial charge in [0.25, 0.3) is 0 Å². The van der Waals surface area contributed by atoms with E-state index in [1.54, 1.807) is 6.20 Å². The Bertz CT molecular complexity index is 1140. The van der Waals surface area contributed by atoms with Crippen molar-refractivity contribution in [1.82, 2.24) is 14.9 Å². The van der Waals surface area contributed by atoms with Gasteiger partial charge in [-0.1, -0.05) is 24.3 Å². The predicted octanol–water partition coefficient (Wildman–Crippen LogP) is 4.67. The van der Waals surface area contributed by atoms with Crippen LogP contribution in [0, 0.1) is 0 Å². The van der Waals surface area contributed by atoms with Gasteiger partial charge in [-0.3, -0.25) is 9.97 Å². The molecule has 0 radical (unpaired) electrons. The molecule has 0 aliphatic carbocycles. The number of rotatable bonds is 8. The second-order valence-electron chi connectivity index (χ2n) is 8.73. The van der Waals surface area contributed by atoms with Crippen molar-refractivity contribution in [2.75, 3.05) is 31.1 Å². The third-order valence-corrected chi connectivity index (χ3v) is 6.40. The Morgan fingerprint density at radius 2 is 1.65 bits per heavy atom. The zero-order valence-corrected chi connectivity index (χ0v) is 19.2. The lowest BCUT2D eigenvalue weighted by molar-refractivity contribution is 0.0602. The summed E-state index contributed by atoms with van der Waals surface area (Å²) in [5.41, 5.74) is 3.26. The Kier molecular flexibility index (Phi) is 6.98. The molecule has 2 aromatic carbocycles. The summed E-state index contributed by atoms with van der Waals surface area (Å²) < 4.78 is 5.97. The molecule has 1 aliphatic heterocycles. The van der Waals surface area contributed by atoms with Crippen LogP contribution in [0.3, 0.4) is 0 Å². The summed E-state index contributed by atoms with van der Waals surface area (Å²) in [6.45, 7) is 2.75. The summed E-state index contributed by atoms with van der Waals surface area (Å²) in [5.74, 6) is 0.763. The van der Waals surface area contributed by atoms with E-state index in [0.29, 0.717) is 12.6 Å². The molecule has 2 aromatic heterocycles. The average Bonchev–Trinajstić information content (AvgIpc) is 2.90. The molecule has 1 atom stereocenters. The Hall–Kier alpha value is -3.48. The van der Waals surface area contributed by atoms with Crippen LogP contribution in [0.2, 0.25) is 0 Å². The molecule has 6 nitrogen and oxygen atoms in total. The van der Waals surface area contributed by atoms with Crippen molar-refractivity contribution in [3.05, 3.63) is 91.4 Å². The molecule has 0 saturated carbocycles. The van der Waals surface area contributed by atoms with E-state index >= 15 is 0 Å². The number of aliphatic hydroxyl groups is 1. The van der Waals surface area contributed by atoms with Gasteiger partial charge in [0.15, 0.2) is 0 Å². The zero-order valence-electron chi connectivity index (χ0n) is 19.2. The van der Waals surface area contributed by atoms with Crippen molar-refractivity contribution in [3.8, 4) is 5.75 Å². The lowest BCUT2D eigenvalue weighted by Gasteiger charge is -2.40. The minimum Gasteiger partial charge on any atom is -0.490 e. The normalized spacial score (nSPS) is 15.8. The third-order valence-electron chi connectivity index (χ3n) is 6.40. The number of benzene rings is 2. The number of pyridine rings is 2. The Balaban J connectivity index is 1.17. The van der Waals surface area contributed by atoms with Crippen molar-refractivity contribution in [2.45, 2.75) is 25.0 Å². The molecule has 1 saturated heterocycles. The molecule has 34 heavy (non-hydrogen) atoms. The smallest absolute Gasteiger partial charge is 0.128 e. The molecule has 3 heterocycles. The van der Waals surface area contributed by atoms with Gasteiger partial charge in [0.1, 0.15) is 18.5 Å². The highest BCUT2D eigenvalue weighted by atomic mass is 16.5. The number of ether oxygens (including phenoxy) is 1. The van der Waals surface area contributed by atoms with E-state index in [1.165, 1.54) is 5.69 Å². The quantitative estimate of drug-likeness (QED) is 0.417. The van der Waals surface area contributed by atoms with Crippen LogP contribution in [-0.2, 0) is 0 Å². The number of aliphatic hydroxyl groups excluding tert-OH is 1. The fourth-order valence-electron chi connectivity index (χ4n) is 4.76. The van der Waals surface area contributed by atoms with Gasteiger partial charge in [-0.15, -0.1) is 0 Å². The van der Waals surface area contributed by atoms with E-state index in [0.717, 1.165) is 48.3 Å². The molecule has 0 bridgehead atoms. The van der Waals surface area contributed by atoms with Gasteiger partial charge in [-0.2, -0.15) is 0 Å². The summed E-state index contributed by atoms with van der Waals surface area (Å²) in [7, 11) is 0. The van der Waals surface area contributed by atoms with Crippen LogP contribution in [0.25, 0.3) is 10.9 Å². The van der Waals surface area contributed by atoms with Crippen LogP contribution in [0.1, 0.15) is 12.8 Å². The van der Waals surface area contributed by atoms with Crippen LogP contribution in [0.15, 0.2) is 91.4 Å². The molecule has 5 rings (SSSR count). The van der Waals surface area contributed by atoms with E-state index in [-0.39, 0.29) is 6.61 Å². The Morgan fingerprint density at radius 3 is 2.44 bits per heavy atom. The summed E-state index contributed by atoms with van der Waals surface area (Å²) in [4.78, 5) is 13.3. The second-order valence-corrected chi connectivity index (χ2v) is 8.73. The topological polar surface area (TPSA) is 61.7 Å². The Labute approximate surface area is 200 Å². The van der Waals surface area contributed by atoms with E-state index in [9.17, 15) is 5.11 Å². The number of β-amino-alcohol motifs (C(OH)–C–C–N with tert-alkyl or cyclic N) is 1. The van der Waals surface area contributed by atoms with Gasteiger partial charge in [0.05, 0.1) is 5.52 Å². The first kappa shape index (κ1) is 22.3. The van der Waals surface area contributed by atoms with Crippen LogP contribution < -0.4 is 9.64 Å². The summed E-state index contributed by atoms with van der Waals surface area (Å²) >= 11 is 0. The molecule has 1 unspecified atom stereocenters. The summed E-state index contributed by atoms with van der Waals surface area (Å²) in [6, 6.07) is 24.8. The number of hydrogen-bond donors (Lipinski definition) is 1. The lowest BCUT2D eigenvalue weighted by atomic mass is 10.0. The minimum atomic E-state index is -0.547.